The molecule has 0 aliphatic heterocycles. The largest absolute Gasteiger partial charge is 0.272 e. The molecule has 0 amide bonds. The van der Waals surface area contributed by atoms with Crippen molar-refractivity contribution in [3.05, 3.63) is 41.9 Å². The molecule has 104 valence electrons. The molecule has 0 N–H and O–H groups in total. The van der Waals surface area contributed by atoms with Gasteiger partial charge in [-0.25, -0.2) is 14.5 Å². The lowest BCUT2D eigenvalue weighted by Crippen LogP contribution is -1.92. The molecule has 4 aromatic rings. The first-order chi connectivity index (χ1) is 10.3. The lowest BCUT2D eigenvalue weighted by Gasteiger charge is -1.99. The summed E-state index contributed by atoms with van der Waals surface area (Å²) in [5, 5.41) is 10.2. The van der Waals surface area contributed by atoms with E-state index in [-0.39, 0.29) is 0 Å². The van der Waals surface area contributed by atoms with Gasteiger partial charge >= 0.3 is 0 Å². The van der Waals surface area contributed by atoms with Crippen LogP contribution in [-0.4, -0.2) is 29.4 Å². The van der Waals surface area contributed by atoms with Crippen molar-refractivity contribution in [3.8, 4) is 11.4 Å². The summed E-state index contributed by atoms with van der Waals surface area (Å²) in [6.45, 7) is 2.85. The Labute approximate surface area is 125 Å². The summed E-state index contributed by atoms with van der Waals surface area (Å²) >= 11 is 6.17. The van der Waals surface area contributed by atoms with Crippen molar-refractivity contribution in [1.82, 2.24) is 29.4 Å². The van der Waals surface area contributed by atoms with Crippen LogP contribution in [0.4, 0.5) is 0 Å². The topological polar surface area (TPSA) is 60.9 Å². The molecule has 0 atom stereocenters. The predicted octanol–water partition coefficient (Wildman–Crippen LogP) is 2.81. The number of aryl methyl sites for hydroxylation is 1. The first-order valence-corrected chi connectivity index (χ1v) is 6.96. The maximum Gasteiger partial charge on any atom is 0.185 e. The molecule has 0 fully saturated rings. The summed E-state index contributed by atoms with van der Waals surface area (Å²) in [5.74, 6) is 0.629. The van der Waals surface area contributed by atoms with Gasteiger partial charge in [0.15, 0.2) is 11.5 Å². The van der Waals surface area contributed by atoms with Gasteiger partial charge in [-0.05, 0) is 19.1 Å². The van der Waals surface area contributed by atoms with Gasteiger partial charge in [0.05, 0.1) is 22.3 Å². The van der Waals surface area contributed by atoms with Crippen LogP contribution < -0.4 is 0 Å². The maximum absolute atomic E-state index is 6.17. The molecule has 4 rings (SSSR count). The van der Waals surface area contributed by atoms with Crippen LogP contribution in [0.3, 0.4) is 0 Å². The van der Waals surface area contributed by atoms with E-state index in [9.17, 15) is 0 Å². The van der Waals surface area contributed by atoms with Crippen molar-refractivity contribution in [3.63, 3.8) is 0 Å². The Hall–Kier alpha value is -2.47. The molecule has 6 nitrogen and oxygen atoms in total. The summed E-state index contributed by atoms with van der Waals surface area (Å²) in [4.78, 5) is 8.94. The fourth-order valence-corrected chi connectivity index (χ4v) is 2.52. The monoisotopic (exact) mass is 298 g/mol. The van der Waals surface area contributed by atoms with Gasteiger partial charge in [0, 0.05) is 18.1 Å². The first-order valence-electron chi connectivity index (χ1n) is 6.58. The molecule has 0 unspecified atom stereocenters. The third kappa shape index (κ3) is 1.87. The van der Waals surface area contributed by atoms with Gasteiger partial charge in [-0.2, -0.15) is 5.10 Å². The van der Waals surface area contributed by atoms with Crippen LogP contribution in [-0.2, 0) is 6.54 Å². The fourth-order valence-electron chi connectivity index (χ4n) is 2.30. The summed E-state index contributed by atoms with van der Waals surface area (Å²) in [6.07, 6.45) is 5.32. The summed E-state index contributed by atoms with van der Waals surface area (Å²) in [7, 11) is 0. The molecule has 0 saturated heterocycles. The zero-order valence-corrected chi connectivity index (χ0v) is 12.0. The highest BCUT2D eigenvalue weighted by Gasteiger charge is 2.12. The normalized spacial score (nSPS) is 11.5. The molecular weight excluding hydrogens is 288 g/mol. The molecule has 0 bridgehead atoms. The van der Waals surface area contributed by atoms with Crippen molar-refractivity contribution in [2.45, 2.75) is 13.5 Å². The minimum absolute atomic E-state index is 0.610. The molecule has 0 saturated carbocycles. The maximum atomic E-state index is 6.17. The van der Waals surface area contributed by atoms with Gasteiger partial charge < -0.3 is 0 Å². The van der Waals surface area contributed by atoms with Crippen LogP contribution in [0.2, 0.25) is 5.02 Å². The summed E-state index contributed by atoms with van der Waals surface area (Å²) in [5.41, 5.74) is 2.35. The van der Waals surface area contributed by atoms with E-state index in [4.69, 9.17) is 11.6 Å². The van der Waals surface area contributed by atoms with Gasteiger partial charge in [-0.15, -0.1) is 5.10 Å². The van der Waals surface area contributed by atoms with Crippen LogP contribution in [0.15, 0.2) is 36.9 Å². The molecule has 0 radical (unpaired) electrons. The number of benzene rings is 1. The molecule has 0 spiro atoms. The van der Waals surface area contributed by atoms with Gasteiger partial charge in [0.2, 0.25) is 0 Å². The Kier molecular flexibility index (Phi) is 2.65. The second-order valence-corrected chi connectivity index (χ2v) is 5.08. The Balaban J connectivity index is 1.97. The van der Waals surface area contributed by atoms with Crippen LogP contribution in [0.1, 0.15) is 6.92 Å². The SMILES string of the molecule is CCn1cc(-c2nc3c4cccc(Cl)c4ncn3n2)cn1. The molecule has 0 aliphatic carbocycles. The lowest BCUT2D eigenvalue weighted by molar-refractivity contribution is 0.660. The summed E-state index contributed by atoms with van der Waals surface area (Å²) in [6, 6.07) is 5.64. The molecule has 21 heavy (non-hydrogen) atoms. The Morgan fingerprint density at radius 3 is 3.00 bits per heavy atom. The third-order valence-corrected chi connectivity index (χ3v) is 3.68. The van der Waals surface area contributed by atoms with Gasteiger partial charge in [-0.3, -0.25) is 4.68 Å². The van der Waals surface area contributed by atoms with E-state index in [1.807, 2.05) is 36.0 Å². The number of hydrogen-bond acceptors (Lipinski definition) is 4. The smallest absolute Gasteiger partial charge is 0.185 e. The van der Waals surface area contributed by atoms with E-state index >= 15 is 0 Å². The van der Waals surface area contributed by atoms with Crippen LogP contribution in [0, 0.1) is 0 Å². The Morgan fingerprint density at radius 1 is 1.29 bits per heavy atom. The Bertz CT molecular complexity index is 955. The van der Waals surface area contributed by atoms with E-state index < -0.39 is 0 Å². The van der Waals surface area contributed by atoms with E-state index in [2.05, 4.69) is 20.2 Å². The van der Waals surface area contributed by atoms with Crippen LogP contribution in [0.5, 0.6) is 0 Å². The van der Waals surface area contributed by atoms with Crippen LogP contribution in [0.25, 0.3) is 27.9 Å². The minimum atomic E-state index is 0.610. The van der Waals surface area contributed by atoms with Crippen molar-refractivity contribution in [1.29, 1.82) is 0 Å². The second kappa shape index (κ2) is 4.53. The number of rotatable bonds is 2. The van der Waals surface area contributed by atoms with Crippen molar-refractivity contribution in [2.75, 3.05) is 0 Å². The van der Waals surface area contributed by atoms with Crippen molar-refractivity contribution in [2.24, 2.45) is 0 Å². The second-order valence-electron chi connectivity index (χ2n) is 4.67. The number of halogens is 1. The number of nitrogens with zero attached hydrogens (tertiary/aromatic N) is 6. The number of hydrogen-bond donors (Lipinski definition) is 0. The molecular formula is C14H11ClN6. The van der Waals surface area contributed by atoms with E-state index in [0.717, 1.165) is 28.7 Å². The third-order valence-electron chi connectivity index (χ3n) is 3.37. The fraction of sp³-hybridized carbons (Fsp3) is 0.143. The predicted molar refractivity (Wildman–Crippen MR) is 80.2 cm³/mol. The van der Waals surface area contributed by atoms with Gasteiger partial charge in [-0.1, -0.05) is 17.7 Å². The van der Waals surface area contributed by atoms with Crippen molar-refractivity contribution >= 4 is 28.2 Å². The lowest BCUT2D eigenvalue weighted by atomic mass is 10.2. The molecule has 3 aromatic heterocycles. The minimum Gasteiger partial charge on any atom is -0.272 e. The van der Waals surface area contributed by atoms with Gasteiger partial charge in [0.25, 0.3) is 0 Å². The summed E-state index contributed by atoms with van der Waals surface area (Å²) < 4.78 is 3.51. The quantitative estimate of drug-likeness (QED) is 0.571. The average molecular weight is 299 g/mol. The van der Waals surface area contributed by atoms with E-state index in [1.54, 1.807) is 17.0 Å². The number of fused-ring (bicyclic) bond motifs is 3. The molecule has 1 aromatic carbocycles. The molecule has 3 heterocycles. The zero-order valence-electron chi connectivity index (χ0n) is 11.2. The Morgan fingerprint density at radius 2 is 2.19 bits per heavy atom. The van der Waals surface area contributed by atoms with Crippen molar-refractivity contribution < 1.29 is 0 Å². The average Bonchev–Trinajstić information content (AvgIpc) is 3.13. The van der Waals surface area contributed by atoms with Crippen LogP contribution >= 0.6 is 11.6 Å². The number of para-hydroxylation sites is 1. The van der Waals surface area contributed by atoms with Gasteiger partial charge in [0.1, 0.15) is 6.33 Å². The highest BCUT2D eigenvalue weighted by molar-refractivity contribution is 6.35. The highest BCUT2D eigenvalue weighted by Crippen LogP contribution is 2.25. The molecule has 0 aliphatic rings. The molecule has 7 heteroatoms. The standard InChI is InChI=1S/C14H11ClN6/c1-2-20-7-9(6-17-20)13-18-14-10-4-3-5-11(15)12(10)16-8-21(14)19-13/h3-8H,2H2,1H3. The van der Waals surface area contributed by atoms with E-state index in [1.165, 1.54) is 0 Å². The number of aromatic nitrogens is 6. The highest BCUT2D eigenvalue weighted by atomic mass is 35.5. The van der Waals surface area contributed by atoms with E-state index in [0.29, 0.717) is 10.8 Å². The first kappa shape index (κ1) is 12.3. The zero-order chi connectivity index (χ0) is 14.4.